The summed E-state index contributed by atoms with van der Waals surface area (Å²) in [5.41, 5.74) is 0. The number of rotatable bonds is 18. The van der Waals surface area contributed by atoms with Crippen molar-refractivity contribution < 1.29 is 9.53 Å². The molecular weight excluding hydrogens is 296 g/mol. The van der Waals surface area contributed by atoms with Crippen LogP contribution in [0.3, 0.4) is 0 Å². The topological polar surface area (TPSA) is 26.3 Å². The normalized spacial score (nSPS) is 11.2. The highest BCUT2D eigenvalue weighted by Crippen LogP contribution is 2.13. The van der Waals surface area contributed by atoms with Gasteiger partial charge in [-0.2, -0.15) is 0 Å². The molecule has 0 radical (unpaired) electrons. The summed E-state index contributed by atoms with van der Waals surface area (Å²) in [5, 5.41) is 0. The van der Waals surface area contributed by atoms with Crippen LogP contribution in [0.2, 0.25) is 0 Å². The van der Waals surface area contributed by atoms with E-state index in [9.17, 15) is 4.79 Å². The van der Waals surface area contributed by atoms with Gasteiger partial charge in [0.1, 0.15) is 6.61 Å². The molecule has 0 aliphatic heterocycles. The summed E-state index contributed by atoms with van der Waals surface area (Å²) in [4.78, 5) is 10.6. The maximum Gasteiger partial charge on any atom is 0.302 e. The molecule has 0 aromatic heterocycles. The van der Waals surface area contributed by atoms with Crippen LogP contribution in [0.5, 0.6) is 0 Å². The fourth-order valence-electron chi connectivity index (χ4n) is 2.98. The summed E-state index contributed by atoms with van der Waals surface area (Å²) in [6.45, 7) is 4.15. The minimum atomic E-state index is -0.202. The van der Waals surface area contributed by atoms with Crippen LogP contribution in [0.15, 0.2) is 12.2 Å². The molecule has 2 heteroatoms. The first-order valence-electron chi connectivity index (χ1n) is 10.6. The quantitative estimate of drug-likeness (QED) is 0.148. The van der Waals surface area contributed by atoms with Gasteiger partial charge in [-0.3, -0.25) is 4.79 Å². The van der Waals surface area contributed by atoms with E-state index < -0.39 is 0 Å². The van der Waals surface area contributed by atoms with Gasteiger partial charge in [0.25, 0.3) is 0 Å². The number of ether oxygens (including phenoxy) is 1. The summed E-state index contributed by atoms with van der Waals surface area (Å²) in [6, 6.07) is 0. The lowest BCUT2D eigenvalue weighted by atomic mass is 10.0. The Hall–Kier alpha value is -0.790. The summed E-state index contributed by atoms with van der Waals surface area (Å²) >= 11 is 0. The standard InChI is InChI=1S/C22H42O2/c1-3-4-5-6-7-8-9-10-11-12-13-14-15-16-17-18-19-20-21-24-22(2)23/h19-20H,3-18,21H2,1-2H3/b20-19+. The molecule has 0 aliphatic rings. The second-order valence-electron chi connectivity index (χ2n) is 7.01. The molecule has 0 bridgehead atoms. The Labute approximate surface area is 151 Å². The fourth-order valence-corrected chi connectivity index (χ4v) is 2.98. The van der Waals surface area contributed by atoms with Crippen LogP contribution in [0.4, 0.5) is 0 Å². The molecule has 2 nitrogen and oxygen atoms in total. The number of esters is 1. The number of hydrogen-bond acceptors (Lipinski definition) is 2. The number of hydrogen-bond donors (Lipinski definition) is 0. The first-order chi connectivity index (χ1) is 11.8. The minimum Gasteiger partial charge on any atom is -0.462 e. The summed E-state index contributed by atoms with van der Waals surface area (Å²) in [7, 11) is 0. The molecule has 0 rings (SSSR count). The van der Waals surface area contributed by atoms with Crippen LogP contribution >= 0.6 is 0 Å². The van der Waals surface area contributed by atoms with Crippen molar-refractivity contribution in [1.29, 1.82) is 0 Å². The predicted molar refractivity (Wildman–Crippen MR) is 105 cm³/mol. The molecule has 0 saturated carbocycles. The van der Waals surface area contributed by atoms with E-state index in [0.29, 0.717) is 6.61 Å². The average molecular weight is 339 g/mol. The van der Waals surface area contributed by atoms with E-state index in [-0.39, 0.29) is 5.97 Å². The Morgan fingerprint density at radius 2 is 1.08 bits per heavy atom. The van der Waals surface area contributed by atoms with Gasteiger partial charge in [0.15, 0.2) is 0 Å². The number of carbonyl (C=O) groups is 1. The van der Waals surface area contributed by atoms with Crippen LogP contribution < -0.4 is 0 Å². The highest BCUT2D eigenvalue weighted by Gasteiger charge is 1.94. The third-order valence-electron chi connectivity index (χ3n) is 4.52. The van der Waals surface area contributed by atoms with Gasteiger partial charge in [0, 0.05) is 6.92 Å². The van der Waals surface area contributed by atoms with E-state index in [0.717, 1.165) is 6.42 Å². The Bertz CT molecular complexity index is 284. The van der Waals surface area contributed by atoms with Crippen molar-refractivity contribution in [3.63, 3.8) is 0 Å². The molecule has 142 valence electrons. The van der Waals surface area contributed by atoms with Crippen LogP contribution in [0.25, 0.3) is 0 Å². The second-order valence-corrected chi connectivity index (χ2v) is 7.01. The molecule has 24 heavy (non-hydrogen) atoms. The molecule has 0 fully saturated rings. The molecule has 0 heterocycles. The first-order valence-corrected chi connectivity index (χ1v) is 10.6. The van der Waals surface area contributed by atoms with Crippen molar-refractivity contribution in [1.82, 2.24) is 0 Å². The monoisotopic (exact) mass is 338 g/mol. The zero-order chi connectivity index (χ0) is 17.7. The van der Waals surface area contributed by atoms with E-state index in [4.69, 9.17) is 4.74 Å². The van der Waals surface area contributed by atoms with Gasteiger partial charge < -0.3 is 4.74 Å². The zero-order valence-corrected chi connectivity index (χ0v) is 16.5. The SMILES string of the molecule is CCCCCCCCCCCCCCCCC/C=C/COC(C)=O. The van der Waals surface area contributed by atoms with E-state index in [1.54, 1.807) is 0 Å². The summed E-state index contributed by atoms with van der Waals surface area (Å²) in [6.07, 6.45) is 26.3. The maximum absolute atomic E-state index is 10.6. The number of allylic oxidation sites excluding steroid dienone is 1. The Kier molecular flexibility index (Phi) is 19.6. The van der Waals surface area contributed by atoms with Crippen LogP contribution in [-0.4, -0.2) is 12.6 Å². The van der Waals surface area contributed by atoms with Gasteiger partial charge in [-0.15, -0.1) is 0 Å². The fraction of sp³-hybridized carbons (Fsp3) is 0.864. The average Bonchev–Trinajstić information content (AvgIpc) is 2.56. The number of carbonyl (C=O) groups excluding carboxylic acids is 1. The summed E-state index contributed by atoms with van der Waals surface area (Å²) < 4.78 is 4.85. The van der Waals surface area contributed by atoms with Crippen LogP contribution in [0, 0.1) is 0 Å². The van der Waals surface area contributed by atoms with E-state index in [1.807, 2.05) is 6.08 Å². The van der Waals surface area contributed by atoms with Gasteiger partial charge in [0.2, 0.25) is 0 Å². The lowest BCUT2D eigenvalue weighted by Crippen LogP contribution is -1.97. The molecular formula is C22H42O2. The van der Waals surface area contributed by atoms with Crippen molar-refractivity contribution >= 4 is 5.97 Å². The van der Waals surface area contributed by atoms with Gasteiger partial charge in [0.05, 0.1) is 0 Å². The molecule has 0 aromatic carbocycles. The van der Waals surface area contributed by atoms with Crippen molar-refractivity contribution in [2.75, 3.05) is 6.61 Å². The molecule has 0 N–H and O–H groups in total. The molecule has 0 unspecified atom stereocenters. The van der Waals surface area contributed by atoms with Crippen molar-refractivity contribution in [3.8, 4) is 0 Å². The molecule has 0 amide bonds. The van der Waals surface area contributed by atoms with Crippen molar-refractivity contribution in [2.45, 2.75) is 117 Å². The molecule has 0 aliphatic carbocycles. The molecule has 0 saturated heterocycles. The van der Waals surface area contributed by atoms with Crippen LogP contribution in [-0.2, 0) is 9.53 Å². The van der Waals surface area contributed by atoms with E-state index in [1.165, 1.54) is 103 Å². The summed E-state index contributed by atoms with van der Waals surface area (Å²) in [5.74, 6) is -0.202. The zero-order valence-electron chi connectivity index (χ0n) is 16.5. The Morgan fingerprint density at radius 1 is 0.667 bits per heavy atom. The lowest BCUT2D eigenvalue weighted by molar-refractivity contribution is -0.139. The number of unbranched alkanes of at least 4 members (excludes halogenated alkanes) is 15. The molecule has 0 atom stereocenters. The molecule has 0 spiro atoms. The van der Waals surface area contributed by atoms with Crippen LogP contribution in [0.1, 0.15) is 117 Å². The van der Waals surface area contributed by atoms with E-state index >= 15 is 0 Å². The third-order valence-corrected chi connectivity index (χ3v) is 4.52. The lowest BCUT2D eigenvalue weighted by Gasteiger charge is -2.03. The van der Waals surface area contributed by atoms with Crippen molar-refractivity contribution in [3.05, 3.63) is 12.2 Å². The molecule has 0 aromatic rings. The Morgan fingerprint density at radius 3 is 1.50 bits per heavy atom. The highest BCUT2D eigenvalue weighted by atomic mass is 16.5. The first kappa shape index (κ1) is 23.2. The van der Waals surface area contributed by atoms with Gasteiger partial charge in [-0.1, -0.05) is 109 Å². The predicted octanol–water partition coefficient (Wildman–Crippen LogP) is 7.37. The Balaban J connectivity index is 3.04. The maximum atomic E-state index is 10.6. The van der Waals surface area contributed by atoms with Gasteiger partial charge >= 0.3 is 5.97 Å². The van der Waals surface area contributed by atoms with E-state index in [2.05, 4.69) is 13.0 Å². The second kappa shape index (κ2) is 20.3. The largest absolute Gasteiger partial charge is 0.462 e. The van der Waals surface area contributed by atoms with Crippen molar-refractivity contribution in [2.24, 2.45) is 0 Å². The third kappa shape index (κ3) is 21.2. The van der Waals surface area contributed by atoms with Gasteiger partial charge in [-0.05, 0) is 12.8 Å². The highest BCUT2D eigenvalue weighted by molar-refractivity contribution is 5.65. The smallest absolute Gasteiger partial charge is 0.302 e. The van der Waals surface area contributed by atoms with Gasteiger partial charge in [-0.25, -0.2) is 0 Å². The minimum absolute atomic E-state index is 0.202.